The number of rotatable bonds is 5. The standard InChI is InChI=1S/C20H24N2O2/c1-15-5-11-19(12-6-15)24-16(2)20(23)21-17-7-9-18(10-8-17)22-13-3-4-14-22/h5-12,16H,3-4,13-14H2,1-2H3,(H,21,23)/t16-/m0/s1. The minimum absolute atomic E-state index is 0.149. The molecule has 0 spiro atoms. The second kappa shape index (κ2) is 7.39. The van der Waals surface area contributed by atoms with Gasteiger partial charge in [0.05, 0.1) is 0 Å². The molecule has 2 aromatic carbocycles. The molecule has 0 saturated carbocycles. The van der Waals surface area contributed by atoms with Crippen LogP contribution >= 0.6 is 0 Å². The van der Waals surface area contributed by atoms with Gasteiger partial charge in [-0.2, -0.15) is 0 Å². The Morgan fingerprint density at radius 2 is 1.67 bits per heavy atom. The van der Waals surface area contributed by atoms with E-state index in [1.165, 1.54) is 18.5 Å². The number of ether oxygens (including phenoxy) is 1. The van der Waals surface area contributed by atoms with Crippen LogP contribution in [0.3, 0.4) is 0 Å². The van der Waals surface area contributed by atoms with Crippen molar-refractivity contribution in [2.75, 3.05) is 23.3 Å². The van der Waals surface area contributed by atoms with Crippen LogP contribution in [-0.4, -0.2) is 25.1 Å². The maximum atomic E-state index is 12.3. The quantitative estimate of drug-likeness (QED) is 0.904. The van der Waals surface area contributed by atoms with Crippen molar-refractivity contribution in [3.8, 4) is 5.75 Å². The number of anilines is 2. The van der Waals surface area contributed by atoms with E-state index in [0.717, 1.165) is 24.3 Å². The molecule has 1 N–H and O–H groups in total. The third kappa shape index (κ3) is 4.07. The Morgan fingerprint density at radius 1 is 1.04 bits per heavy atom. The fourth-order valence-corrected chi connectivity index (χ4v) is 2.85. The second-order valence-corrected chi connectivity index (χ2v) is 6.30. The van der Waals surface area contributed by atoms with Crippen molar-refractivity contribution in [3.63, 3.8) is 0 Å². The highest BCUT2D eigenvalue weighted by Crippen LogP contribution is 2.22. The van der Waals surface area contributed by atoms with Gasteiger partial charge in [-0.25, -0.2) is 0 Å². The van der Waals surface area contributed by atoms with E-state index in [0.29, 0.717) is 5.75 Å². The zero-order chi connectivity index (χ0) is 16.9. The lowest BCUT2D eigenvalue weighted by Crippen LogP contribution is -2.30. The smallest absolute Gasteiger partial charge is 0.265 e. The summed E-state index contributed by atoms with van der Waals surface area (Å²) in [6, 6.07) is 15.7. The molecule has 1 fully saturated rings. The molecule has 1 heterocycles. The Bertz CT molecular complexity index is 674. The minimum atomic E-state index is -0.550. The lowest BCUT2D eigenvalue weighted by Gasteiger charge is -2.18. The van der Waals surface area contributed by atoms with E-state index in [9.17, 15) is 4.79 Å². The zero-order valence-electron chi connectivity index (χ0n) is 14.3. The fourth-order valence-electron chi connectivity index (χ4n) is 2.85. The highest BCUT2D eigenvalue weighted by molar-refractivity contribution is 5.94. The number of carbonyl (C=O) groups is 1. The number of nitrogens with one attached hydrogen (secondary N) is 1. The van der Waals surface area contributed by atoms with Crippen LogP contribution in [0.2, 0.25) is 0 Å². The molecule has 4 heteroatoms. The molecule has 1 atom stereocenters. The van der Waals surface area contributed by atoms with Gasteiger partial charge in [0.15, 0.2) is 6.10 Å². The summed E-state index contributed by atoms with van der Waals surface area (Å²) in [5.41, 5.74) is 3.18. The molecule has 0 bridgehead atoms. The summed E-state index contributed by atoms with van der Waals surface area (Å²) in [4.78, 5) is 14.6. The van der Waals surface area contributed by atoms with E-state index in [1.54, 1.807) is 6.92 Å². The first-order valence-electron chi connectivity index (χ1n) is 8.51. The Morgan fingerprint density at radius 3 is 2.29 bits per heavy atom. The van der Waals surface area contributed by atoms with Gasteiger partial charge in [0.25, 0.3) is 5.91 Å². The van der Waals surface area contributed by atoms with Crippen LogP contribution in [0.25, 0.3) is 0 Å². The number of aryl methyl sites for hydroxylation is 1. The topological polar surface area (TPSA) is 41.6 Å². The van der Waals surface area contributed by atoms with Crippen molar-refractivity contribution in [2.24, 2.45) is 0 Å². The van der Waals surface area contributed by atoms with Crippen LogP contribution < -0.4 is 15.0 Å². The van der Waals surface area contributed by atoms with E-state index in [-0.39, 0.29) is 5.91 Å². The molecule has 1 saturated heterocycles. The van der Waals surface area contributed by atoms with E-state index in [2.05, 4.69) is 22.3 Å². The van der Waals surface area contributed by atoms with Crippen LogP contribution in [0.15, 0.2) is 48.5 Å². The van der Waals surface area contributed by atoms with Crippen LogP contribution in [0.4, 0.5) is 11.4 Å². The van der Waals surface area contributed by atoms with Crippen LogP contribution in [0.5, 0.6) is 5.75 Å². The van der Waals surface area contributed by atoms with Crippen LogP contribution in [-0.2, 0) is 4.79 Å². The van der Waals surface area contributed by atoms with Gasteiger partial charge in [0.1, 0.15) is 5.75 Å². The zero-order valence-corrected chi connectivity index (χ0v) is 14.3. The lowest BCUT2D eigenvalue weighted by molar-refractivity contribution is -0.122. The van der Waals surface area contributed by atoms with Gasteiger partial charge in [-0.3, -0.25) is 4.79 Å². The average molecular weight is 324 g/mol. The van der Waals surface area contributed by atoms with Crippen molar-refractivity contribution in [2.45, 2.75) is 32.8 Å². The largest absolute Gasteiger partial charge is 0.481 e. The number of benzene rings is 2. The fraction of sp³-hybridized carbons (Fsp3) is 0.350. The molecular formula is C20H24N2O2. The van der Waals surface area contributed by atoms with Crippen molar-refractivity contribution in [1.29, 1.82) is 0 Å². The molecule has 1 aliphatic heterocycles. The molecule has 126 valence electrons. The second-order valence-electron chi connectivity index (χ2n) is 6.30. The predicted molar refractivity (Wildman–Crippen MR) is 97.8 cm³/mol. The molecule has 4 nitrogen and oxygen atoms in total. The maximum Gasteiger partial charge on any atom is 0.265 e. The van der Waals surface area contributed by atoms with Gasteiger partial charge in [-0.1, -0.05) is 17.7 Å². The van der Waals surface area contributed by atoms with E-state index < -0.39 is 6.10 Å². The molecular weight excluding hydrogens is 300 g/mol. The first-order valence-corrected chi connectivity index (χ1v) is 8.51. The Labute approximate surface area is 143 Å². The number of hydrogen-bond acceptors (Lipinski definition) is 3. The van der Waals surface area contributed by atoms with E-state index >= 15 is 0 Å². The summed E-state index contributed by atoms with van der Waals surface area (Å²) in [6.45, 7) is 6.01. The summed E-state index contributed by atoms with van der Waals surface area (Å²) in [7, 11) is 0. The molecule has 0 unspecified atom stereocenters. The van der Waals surface area contributed by atoms with E-state index in [4.69, 9.17) is 4.74 Å². The normalized spacial score (nSPS) is 15.2. The first-order chi connectivity index (χ1) is 11.6. The number of nitrogens with zero attached hydrogens (tertiary/aromatic N) is 1. The summed E-state index contributed by atoms with van der Waals surface area (Å²) < 4.78 is 5.69. The van der Waals surface area contributed by atoms with Gasteiger partial charge in [-0.05, 0) is 63.1 Å². The Hall–Kier alpha value is -2.49. The molecule has 24 heavy (non-hydrogen) atoms. The van der Waals surface area contributed by atoms with Gasteiger partial charge >= 0.3 is 0 Å². The van der Waals surface area contributed by atoms with E-state index in [1.807, 2.05) is 43.3 Å². The maximum absolute atomic E-state index is 12.3. The molecule has 0 aromatic heterocycles. The highest BCUT2D eigenvalue weighted by Gasteiger charge is 2.16. The predicted octanol–water partition coefficient (Wildman–Crippen LogP) is 4.00. The minimum Gasteiger partial charge on any atom is -0.481 e. The molecule has 1 amide bonds. The van der Waals surface area contributed by atoms with Gasteiger partial charge in [-0.15, -0.1) is 0 Å². The van der Waals surface area contributed by atoms with Crippen molar-refractivity contribution in [1.82, 2.24) is 0 Å². The van der Waals surface area contributed by atoms with Crippen LogP contribution in [0.1, 0.15) is 25.3 Å². The SMILES string of the molecule is Cc1ccc(O[C@@H](C)C(=O)Nc2ccc(N3CCCC3)cc2)cc1. The first kappa shape index (κ1) is 16.4. The van der Waals surface area contributed by atoms with Crippen molar-refractivity contribution < 1.29 is 9.53 Å². The van der Waals surface area contributed by atoms with Crippen molar-refractivity contribution in [3.05, 3.63) is 54.1 Å². The summed E-state index contributed by atoms with van der Waals surface area (Å²) in [5.74, 6) is 0.553. The van der Waals surface area contributed by atoms with Gasteiger partial charge in [0.2, 0.25) is 0 Å². The summed E-state index contributed by atoms with van der Waals surface area (Å²) in [6.07, 6.45) is 1.96. The van der Waals surface area contributed by atoms with Crippen LogP contribution in [0, 0.1) is 6.92 Å². The third-order valence-electron chi connectivity index (χ3n) is 4.31. The average Bonchev–Trinajstić information content (AvgIpc) is 3.12. The van der Waals surface area contributed by atoms with Gasteiger partial charge in [0, 0.05) is 24.5 Å². The molecule has 1 aliphatic rings. The molecule has 3 rings (SSSR count). The molecule has 0 aliphatic carbocycles. The number of amides is 1. The monoisotopic (exact) mass is 324 g/mol. The van der Waals surface area contributed by atoms with Gasteiger partial charge < -0.3 is 15.0 Å². The Kier molecular flexibility index (Phi) is 5.04. The Balaban J connectivity index is 1.56. The summed E-state index contributed by atoms with van der Waals surface area (Å²) >= 11 is 0. The number of carbonyl (C=O) groups excluding carboxylic acids is 1. The number of hydrogen-bond donors (Lipinski definition) is 1. The summed E-state index contributed by atoms with van der Waals surface area (Å²) in [5, 5.41) is 2.91. The lowest BCUT2D eigenvalue weighted by atomic mass is 10.2. The molecule has 0 radical (unpaired) electrons. The third-order valence-corrected chi connectivity index (χ3v) is 4.31. The molecule has 2 aromatic rings. The van der Waals surface area contributed by atoms with Crippen molar-refractivity contribution >= 4 is 17.3 Å². The highest BCUT2D eigenvalue weighted by atomic mass is 16.5.